The lowest BCUT2D eigenvalue weighted by atomic mass is 10.1. The molecule has 0 radical (unpaired) electrons. The Morgan fingerprint density at radius 3 is 2.97 bits per heavy atom. The number of amides is 2. The summed E-state index contributed by atoms with van der Waals surface area (Å²) in [7, 11) is 1.77. The van der Waals surface area contributed by atoms with Gasteiger partial charge in [-0.25, -0.2) is 4.68 Å². The molecule has 0 aliphatic carbocycles. The maximum Gasteiger partial charge on any atom is 0.280 e. The minimum atomic E-state index is -0.376. The van der Waals surface area contributed by atoms with E-state index in [0.717, 1.165) is 11.4 Å². The first-order valence-corrected chi connectivity index (χ1v) is 11.8. The van der Waals surface area contributed by atoms with Gasteiger partial charge in [-0.05, 0) is 50.1 Å². The summed E-state index contributed by atoms with van der Waals surface area (Å²) in [4.78, 5) is 36.5. The fourth-order valence-corrected chi connectivity index (χ4v) is 4.43. The standard InChI is InChI=1S/C26H27N7O3/c1-4-23(34)29-18-8-7-11-33-22-10-6-5-9-20(22)30-26(33)31-24(35)17-12-16(2)28-21(13-17)19-14-27-32(3)25(19)36-15-18/h4-6,9-10,12-14,18H,1,7-8,11,15H2,2-3H3,(H,29,34)(H,30,31,35)/t18-/m1/s1. The number of carbonyl (C=O) groups is 2. The number of aromatic nitrogens is 3. The molecule has 2 aromatic heterocycles. The number of nitrogens with one attached hydrogen (secondary N) is 2. The zero-order valence-electron chi connectivity index (χ0n) is 20.2. The van der Waals surface area contributed by atoms with Crippen LogP contribution in [0.4, 0.5) is 11.4 Å². The number of carbonyl (C=O) groups excluding carboxylic acids is 2. The molecule has 0 fully saturated rings. The van der Waals surface area contributed by atoms with E-state index in [9.17, 15) is 9.59 Å². The highest BCUT2D eigenvalue weighted by atomic mass is 16.5. The minimum absolute atomic E-state index is 0.236. The number of guanidine groups is 1. The number of anilines is 2. The third-order valence-corrected chi connectivity index (χ3v) is 6.15. The van der Waals surface area contributed by atoms with Crippen molar-refractivity contribution in [3.8, 4) is 17.1 Å². The van der Waals surface area contributed by atoms with Crippen LogP contribution in [0.15, 0.2) is 60.2 Å². The number of fused-ring (bicyclic) bond motifs is 7. The molecule has 3 aromatic rings. The van der Waals surface area contributed by atoms with Gasteiger partial charge in [0, 0.05) is 24.8 Å². The van der Waals surface area contributed by atoms with Gasteiger partial charge in [-0.1, -0.05) is 18.7 Å². The number of aliphatic imine (C=N–C) groups is 1. The molecule has 1 atom stereocenters. The van der Waals surface area contributed by atoms with Crippen molar-refractivity contribution in [1.29, 1.82) is 0 Å². The zero-order valence-corrected chi connectivity index (χ0v) is 20.2. The molecular formula is C26H27N7O3. The second-order valence-corrected chi connectivity index (χ2v) is 8.77. The number of ether oxygens (including phenoxy) is 1. The summed E-state index contributed by atoms with van der Waals surface area (Å²) in [5, 5.41) is 10.6. The molecule has 0 unspecified atom stereocenters. The normalized spacial score (nSPS) is 18.7. The van der Waals surface area contributed by atoms with Crippen LogP contribution in [0.3, 0.4) is 0 Å². The number of rotatable bonds is 2. The first-order chi connectivity index (χ1) is 17.4. The lowest BCUT2D eigenvalue weighted by molar-refractivity contribution is -0.117. The molecule has 0 spiro atoms. The highest BCUT2D eigenvalue weighted by molar-refractivity contribution is 6.19. The van der Waals surface area contributed by atoms with E-state index >= 15 is 0 Å². The molecule has 2 bridgehead atoms. The van der Waals surface area contributed by atoms with E-state index in [1.54, 1.807) is 30.1 Å². The Kier molecular flexibility index (Phi) is 6.24. The monoisotopic (exact) mass is 485 g/mol. The molecular weight excluding hydrogens is 458 g/mol. The average Bonchev–Trinajstić information content (AvgIpc) is 3.41. The summed E-state index contributed by atoms with van der Waals surface area (Å²) in [6, 6.07) is 11.0. The van der Waals surface area contributed by atoms with Crippen LogP contribution in [0.1, 0.15) is 28.9 Å². The molecule has 10 nitrogen and oxygen atoms in total. The van der Waals surface area contributed by atoms with E-state index < -0.39 is 0 Å². The van der Waals surface area contributed by atoms with Gasteiger partial charge in [-0.15, -0.1) is 0 Å². The second-order valence-electron chi connectivity index (χ2n) is 8.77. The average molecular weight is 486 g/mol. The van der Waals surface area contributed by atoms with Crippen LogP contribution in [-0.4, -0.2) is 51.7 Å². The smallest absolute Gasteiger partial charge is 0.280 e. The Balaban J connectivity index is 1.58. The molecule has 0 saturated heterocycles. The van der Waals surface area contributed by atoms with Gasteiger partial charge in [-0.3, -0.25) is 14.6 Å². The maximum atomic E-state index is 13.3. The van der Waals surface area contributed by atoms with E-state index in [1.807, 2.05) is 36.1 Å². The summed E-state index contributed by atoms with van der Waals surface area (Å²) in [6.07, 6.45) is 4.25. The highest BCUT2D eigenvalue weighted by Gasteiger charge is 2.27. The Morgan fingerprint density at radius 2 is 2.14 bits per heavy atom. The van der Waals surface area contributed by atoms with Crippen LogP contribution >= 0.6 is 0 Å². The molecule has 2 aliphatic rings. The predicted octanol–water partition coefficient (Wildman–Crippen LogP) is 3.06. The summed E-state index contributed by atoms with van der Waals surface area (Å²) in [5.41, 5.74) is 4.13. The van der Waals surface area contributed by atoms with E-state index in [0.29, 0.717) is 53.7 Å². The van der Waals surface area contributed by atoms with Crippen molar-refractivity contribution in [3.63, 3.8) is 0 Å². The van der Waals surface area contributed by atoms with E-state index in [4.69, 9.17) is 4.74 Å². The molecule has 1 aromatic carbocycles. The molecule has 5 rings (SSSR count). The third-order valence-electron chi connectivity index (χ3n) is 6.15. The second kappa shape index (κ2) is 9.65. The van der Waals surface area contributed by atoms with Crippen molar-refractivity contribution in [2.75, 3.05) is 23.4 Å². The van der Waals surface area contributed by atoms with Crippen LogP contribution in [0.5, 0.6) is 5.88 Å². The molecule has 2 aliphatic heterocycles. The molecule has 2 amide bonds. The Labute approximate surface area is 208 Å². The summed E-state index contributed by atoms with van der Waals surface area (Å²) in [5.74, 6) is 0.330. The van der Waals surface area contributed by atoms with Crippen LogP contribution in [0.25, 0.3) is 11.3 Å². The number of nitrogens with zero attached hydrogens (tertiary/aromatic N) is 5. The zero-order chi connectivity index (χ0) is 25.2. The SMILES string of the molecule is C=CC(=O)N[C@@H]1CCCN2/C(=N/C(=O)c3cc(C)nc(c3)-c3cnn(C)c3OC1)Nc1ccccc12. The first-order valence-electron chi connectivity index (χ1n) is 11.8. The minimum Gasteiger partial charge on any atom is -0.475 e. The molecule has 36 heavy (non-hydrogen) atoms. The van der Waals surface area contributed by atoms with Crippen molar-refractivity contribution >= 4 is 29.1 Å². The van der Waals surface area contributed by atoms with Crippen LogP contribution in [0.2, 0.25) is 0 Å². The fourth-order valence-electron chi connectivity index (χ4n) is 4.43. The Bertz CT molecular complexity index is 1380. The van der Waals surface area contributed by atoms with Crippen molar-refractivity contribution < 1.29 is 14.3 Å². The number of benzene rings is 1. The number of pyridine rings is 1. The molecule has 4 heterocycles. The number of para-hydroxylation sites is 2. The highest BCUT2D eigenvalue weighted by Crippen LogP contribution is 2.33. The van der Waals surface area contributed by atoms with Gasteiger partial charge < -0.3 is 20.3 Å². The summed E-state index contributed by atoms with van der Waals surface area (Å²) in [6.45, 7) is 6.22. The van der Waals surface area contributed by atoms with Gasteiger partial charge in [0.1, 0.15) is 6.61 Å². The summed E-state index contributed by atoms with van der Waals surface area (Å²) >= 11 is 0. The summed E-state index contributed by atoms with van der Waals surface area (Å²) < 4.78 is 7.78. The van der Waals surface area contributed by atoms with Gasteiger partial charge in [0.25, 0.3) is 5.91 Å². The number of hydrogen-bond acceptors (Lipinski definition) is 7. The lowest BCUT2D eigenvalue weighted by Crippen LogP contribution is -2.39. The maximum absolute atomic E-state index is 13.3. The number of hydrogen-bond donors (Lipinski definition) is 2. The third kappa shape index (κ3) is 4.57. The van der Waals surface area contributed by atoms with E-state index in [1.165, 1.54) is 6.08 Å². The van der Waals surface area contributed by atoms with E-state index in [2.05, 4.69) is 32.3 Å². The van der Waals surface area contributed by atoms with Crippen molar-refractivity contribution in [2.45, 2.75) is 25.8 Å². The topological polar surface area (TPSA) is 114 Å². The van der Waals surface area contributed by atoms with Gasteiger partial charge >= 0.3 is 0 Å². The van der Waals surface area contributed by atoms with Crippen LogP contribution in [0, 0.1) is 6.92 Å². The van der Waals surface area contributed by atoms with Crippen molar-refractivity contribution in [2.24, 2.45) is 12.0 Å². The predicted molar refractivity (Wildman–Crippen MR) is 137 cm³/mol. The molecule has 2 N–H and O–H groups in total. The van der Waals surface area contributed by atoms with Crippen molar-refractivity contribution in [1.82, 2.24) is 20.1 Å². The quantitative estimate of drug-likeness (QED) is 0.536. The molecule has 10 heteroatoms. The van der Waals surface area contributed by atoms with Crippen LogP contribution in [-0.2, 0) is 11.8 Å². The largest absolute Gasteiger partial charge is 0.475 e. The Morgan fingerprint density at radius 1 is 1.31 bits per heavy atom. The van der Waals surface area contributed by atoms with Crippen LogP contribution < -0.4 is 20.3 Å². The van der Waals surface area contributed by atoms with Gasteiger partial charge in [-0.2, -0.15) is 10.1 Å². The number of aryl methyl sites for hydroxylation is 2. The molecule has 184 valence electrons. The van der Waals surface area contributed by atoms with Crippen molar-refractivity contribution in [3.05, 3.63) is 66.5 Å². The first kappa shape index (κ1) is 23.3. The van der Waals surface area contributed by atoms with Gasteiger partial charge in [0.05, 0.1) is 34.9 Å². The van der Waals surface area contributed by atoms with E-state index in [-0.39, 0.29) is 24.5 Å². The fraction of sp³-hybridized carbons (Fsp3) is 0.269. The lowest BCUT2D eigenvalue weighted by Gasteiger charge is -2.22. The van der Waals surface area contributed by atoms with Gasteiger partial charge in [0.15, 0.2) is 0 Å². The molecule has 0 saturated carbocycles. The Hall–Kier alpha value is -4.47. The van der Waals surface area contributed by atoms with Gasteiger partial charge in [0.2, 0.25) is 17.7 Å².